The predicted molar refractivity (Wildman–Crippen MR) is 88.2 cm³/mol. The molecule has 24 heavy (non-hydrogen) atoms. The molecule has 0 atom stereocenters. The van der Waals surface area contributed by atoms with Gasteiger partial charge >= 0.3 is 5.97 Å². The Morgan fingerprint density at radius 1 is 1.25 bits per heavy atom. The molecule has 7 nitrogen and oxygen atoms in total. The van der Waals surface area contributed by atoms with Crippen molar-refractivity contribution in [2.24, 2.45) is 5.92 Å². The van der Waals surface area contributed by atoms with E-state index in [9.17, 15) is 9.59 Å². The summed E-state index contributed by atoms with van der Waals surface area (Å²) in [5.74, 6) is -0.447. The van der Waals surface area contributed by atoms with Gasteiger partial charge in [0.05, 0.1) is 19.0 Å². The number of para-hydroxylation sites is 1. The molecule has 0 aliphatic rings. The smallest absolute Gasteiger partial charge is 0.363 e. The summed E-state index contributed by atoms with van der Waals surface area (Å²) >= 11 is 0. The number of hydrogen-bond donors (Lipinski definition) is 1. The van der Waals surface area contributed by atoms with Crippen LogP contribution in [0.2, 0.25) is 0 Å². The van der Waals surface area contributed by atoms with E-state index in [1.54, 1.807) is 6.20 Å². The highest BCUT2D eigenvalue weighted by Crippen LogP contribution is 2.20. The molecule has 0 unspecified atom stereocenters. The maximum atomic E-state index is 12.2. The molecule has 0 fully saturated rings. The van der Waals surface area contributed by atoms with Crippen molar-refractivity contribution < 1.29 is 19.1 Å². The molecule has 2 rings (SSSR count). The summed E-state index contributed by atoms with van der Waals surface area (Å²) in [5.41, 5.74) is 0.808. The van der Waals surface area contributed by atoms with Gasteiger partial charge in [0, 0.05) is 6.54 Å². The van der Waals surface area contributed by atoms with Crippen LogP contribution in [0.15, 0.2) is 36.5 Å². The average Bonchev–Trinajstić information content (AvgIpc) is 3.03. The second kappa shape index (κ2) is 8.14. The van der Waals surface area contributed by atoms with E-state index in [0.29, 0.717) is 12.5 Å². The molecule has 0 spiro atoms. The zero-order valence-electron chi connectivity index (χ0n) is 14.0. The number of ether oxygens (including phenoxy) is 2. The number of methoxy groups -OCH3 is 1. The third-order valence-corrected chi connectivity index (χ3v) is 3.16. The quantitative estimate of drug-likeness (QED) is 0.783. The van der Waals surface area contributed by atoms with Gasteiger partial charge in [0.1, 0.15) is 0 Å². The van der Waals surface area contributed by atoms with Crippen LogP contribution in [0.1, 0.15) is 24.3 Å². The molecule has 1 amide bonds. The minimum atomic E-state index is -0.707. The van der Waals surface area contributed by atoms with E-state index in [0.717, 1.165) is 5.69 Å². The summed E-state index contributed by atoms with van der Waals surface area (Å²) in [7, 11) is 1.44. The number of esters is 1. The van der Waals surface area contributed by atoms with Crippen molar-refractivity contribution in [1.29, 1.82) is 0 Å². The van der Waals surface area contributed by atoms with Gasteiger partial charge in [0.2, 0.25) is 5.69 Å². The van der Waals surface area contributed by atoms with Gasteiger partial charge < -0.3 is 14.8 Å². The Kier molecular flexibility index (Phi) is 5.95. The summed E-state index contributed by atoms with van der Waals surface area (Å²) < 4.78 is 11.7. The van der Waals surface area contributed by atoms with Crippen LogP contribution in [0.4, 0.5) is 0 Å². The van der Waals surface area contributed by atoms with Crippen LogP contribution in [-0.2, 0) is 9.53 Å². The van der Waals surface area contributed by atoms with Crippen molar-refractivity contribution in [3.05, 3.63) is 42.2 Å². The highest BCUT2D eigenvalue weighted by Gasteiger charge is 2.20. The summed E-state index contributed by atoms with van der Waals surface area (Å²) in [6, 6.07) is 9.30. The summed E-state index contributed by atoms with van der Waals surface area (Å²) in [6.45, 7) is 4.13. The molecule has 7 heteroatoms. The molecule has 1 aromatic carbocycles. The molecule has 0 saturated heterocycles. The molecule has 0 aliphatic carbocycles. The van der Waals surface area contributed by atoms with Gasteiger partial charge in [-0.05, 0) is 18.1 Å². The first kappa shape index (κ1) is 17.5. The molecule has 0 saturated carbocycles. The Morgan fingerprint density at radius 2 is 1.96 bits per heavy atom. The molecular weight excluding hydrogens is 310 g/mol. The van der Waals surface area contributed by atoms with E-state index in [1.807, 2.05) is 44.2 Å². The number of nitrogens with one attached hydrogen (secondary N) is 1. The Balaban J connectivity index is 2.04. The van der Waals surface area contributed by atoms with Crippen LogP contribution in [0, 0.1) is 5.92 Å². The molecule has 1 aromatic heterocycles. The van der Waals surface area contributed by atoms with E-state index < -0.39 is 5.97 Å². The molecule has 0 aliphatic heterocycles. The lowest BCUT2D eigenvalue weighted by Crippen LogP contribution is -2.31. The van der Waals surface area contributed by atoms with Crippen LogP contribution in [0.5, 0.6) is 5.75 Å². The fourth-order valence-electron chi connectivity index (χ4n) is 1.93. The Hall–Kier alpha value is -2.83. The van der Waals surface area contributed by atoms with Crippen molar-refractivity contribution in [1.82, 2.24) is 15.1 Å². The van der Waals surface area contributed by atoms with E-state index in [4.69, 9.17) is 9.47 Å². The molecule has 0 radical (unpaired) electrons. The topological polar surface area (TPSA) is 82.5 Å². The lowest BCUT2D eigenvalue weighted by molar-refractivity contribution is -0.124. The minimum absolute atomic E-state index is 0.0259. The Morgan fingerprint density at radius 3 is 2.58 bits per heavy atom. The molecule has 1 heterocycles. The number of hydrogen-bond acceptors (Lipinski definition) is 5. The molecule has 1 N–H and O–H groups in total. The van der Waals surface area contributed by atoms with E-state index in [1.165, 1.54) is 11.8 Å². The zero-order valence-corrected chi connectivity index (χ0v) is 14.0. The van der Waals surface area contributed by atoms with Gasteiger partial charge in [-0.3, -0.25) is 4.79 Å². The van der Waals surface area contributed by atoms with Crippen molar-refractivity contribution in [3.63, 3.8) is 0 Å². The molecular formula is C17H21N3O4. The lowest BCUT2D eigenvalue weighted by atomic mass is 10.2. The Bertz CT molecular complexity index is 695. The fraction of sp³-hybridized carbons (Fsp3) is 0.353. The monoisotopic (exact) mass is 331 g/mol. The number of amides is 1. The summed E-state index contributed by atoms with van der Waals surface area (Å²) in [6.07, 6.45) is 1.59. The number of nitrogens with zero attached hydrogens (tertiary/aromatic N) is 2. The van der Waals surface area contributed by atoms with Crippen LogP contribution in [0.3, 0.4) is 0 Å². The number of carbonyl (C=O) groups is 2. The van der Waals surface area contributed by atoms with Crippen LogP contribution < -0.4 is 10.1 Å². The van der Waals surface area contributed by atoms with Crippen molar-refractivity contribution in [2.75, 3.05) is 20.3 Å². The number of benzene rings is 1. The third-order valence-electron chi connectivity index (χ3n) is 3.16. The molecule has 128 valence electrons. The maximum Gasteiger partial charge on any atom is 0.363 e. The number of carbonyl (C=O) groups excluding carboxylic acids is 2. The van der Waals surface area contributed by atoms with Crippen molar-refractivity contribution in [3.8, 4) is 11.4 Å². The second-order valence-electron chi connectivity index (χ2n) is 5.60. The largest absolute Gasteiger partial charge is 0.493 e. The Labute approximate surface area is 140 Å². The standard InChI is InChI=1S/C17H21N3O4/c1-12(2)9-18-15(21)11-24-17(22)16-14(23-3)10-20(19-16)13-7-5-4-6-8-13/h4-8,10,12H,9,11H2,1-3H3,(H,18,21). The zero-order chi connectivity index (χ0) is 17.5. The van der Waals surface area contributed by atoms with Gasteiger partial charge in [-0.2, -0.15) is 5.10 Å². The second-order valence-corrected chi connectivity index (χ2v) is 5.60. The predicted octanol–water partition coefficient (Wildman–Crippen LogP) is 1.81. The van der Waals surface area contributed by atoms with Gasteiger partial charge in [0.25, 0.3) is 5.91 Å². The minimum Gasteiger partial charge on any atom is -0.493 e. The van der Waals surface area contributed by atoms with Crippen LogP contribution in [0.25, 0.3) is 5.69 Å². The SMILES string of the molecule is COc1cn(-c2ccccc2)nc1C(=O)OCC(=O)NCC(C)C. The van der Waals surface area contributed by atoms with Gasteiger partial charge in [0.15, 0.2) is 12.4 Å². The first-order chi connectivity index (χ1) is 11.5. The fourth-order valence-corrected chi connectivity index (χ4v) is 1.93. The molecule has 0 bridgehead atoms. The highest BCUT2D eigenvalue weighted by atomic mass is 16.5. The summed E-state index contributed by atoms with van der Waals surface area (Å²) in [5, 5.41) is 6.86. The number of rotatable bonds is 7. The lowest BCUT2D eigenvalue weighted by Gasteiger charge is -2.07. The van der Waals surface area contributed by atoms with Crippen molar-refractivity contribution in [2.45, 2.75) is 13.8 Å². The van der Waals surface area contributed by atoms with E-state index in [2.05, 4.69) is 10.4 Å². The normalized spacial score (nSPS) is 10.5. The number of aromatic nitrogens is 2. The molecule has 2 aromatic rings. The third kappa shape index (κ3) is 4.58. The highest BCUT2D eigenvalue weighted by molar-refractivity contribution is 5.92. The first-order valence-electron chi connectivity index (χ1n) is 7.64. The average molecular weight is 331 g/mol. The summed E-state index contributed by atoms with van der Waals surface area (Å²) in [4.78, 5) is 23.8. The van der Waals surface area contributed by atoms with Gasteiger partial charge in [-0.1, -0.05) is 32.0 Å². The van der Waals surface area contributed by atoms with Gasteiger partial charge in [-0.25, -0.2) is 9.48 Å². The van der Waals surface area contributed by atoms with E-state index in [-0.39, 0.29) is 24.0 Å². The van der Waals surface area contributed by atoms with Crippen LogP contribution >= 0.6 is 0 Å². The van der Waals surface area contributed by atoms with Gasteiger partial charge in [-0.15, -0.1) is 0 Å². The van der Waals surface area contributed by atoms with Crippen LogP contribution in [-0.4, -0.2) is 41.9 Å². The van der Waals surface area contributed by atoms with E-state index >= 15 is 0 Å². The maximum absolute atomic E-state index is 12.2. The van der Waals surface area contributed by atoms with Crippen molar-refractivity contribution >= 4 is 11.9 Å². The first-order valence-corrected chi connectivity index (χ1v) is 7.64.